The van der Waals surface area contributed by atoms with Crippen LogP contribution in [-0.2, 0) is 11.3 Å². The largest absolute Gasteiger partial charge is 0.488 e. The van der Waals surface area contributed by atoms with Gasteiger partial charge in [-0.1, -0.05) is 18.2 Å². The maximum Gasteiger partial charge on any atom is 0.191 e. The van der Waals surface area contributed by atoms with Crippen LogP contribution in [0.25, 0.3) is 0 Å². The molecule has 1 aromatic carbocycles. The Labute approximate surface area is 179 Å². The molecule has 1 unspecified atom stereocenters. The predicted octanol–water partition coefficient (Wildman–Crippen LogP) is 3.12. The molecule has 1 aliphatic rings. The second kappa shape index (κ2) is 12.0. The van der Waals surface area contributed by atoms with Crippen molar-refractivity contribution in [3.05, 3.63) is 53.7 Å². The summed E-state index contributed by atoms with van der Waals surface area (Å²) in [5.41, 5.74) is 2.31. The molecule has 7 nitrogen and oxygen atoms in total. The zero-order chi connectivity index (χ0) is 21.0. The Balaban J connectivity index is 1.38. The molecular weight excluding hydrogens is 378 g/mol. The van der Waals surface area contributed by atoms with E-state index in [9.17, 15) is 0 Å². The van der Waals surface area contributed by atoms with Crippen LogP contribution in [0.3, 0.4) is 0 Å². The SMILES string of the molecule is CN=C(NCCCCNc1ccccn1)NCc1ccc(C)cc1OC1CCOC1. The van der Waals surface area contributed by atoms with Gasteiger partial charge in [0.2, 0.25) is 0 Å². The number of aromatic nitrogens is 1. The van der Waals surface area contributed by atoms with Gasteiger partial charge in [0.1, 0.15) is 17.7 Å². The first kappa shape index (κ1) is 21.9. The first-order valence-corrected chi connectivity index (χ1v) is 10.7. The molecule has 0 bridgehead atoms. The van der Waals surface area contributed by atoms with Crippen molar-refractivity contribution in [2.45, 2.75) is 38.8 Å². The summed E-state index contributed by atoms with van der Waals surface area (Å²) in [7, 11) is 1.79. The number of anilines is 1. The first-order chi connectivity index (χ1) is 14.7. The summed E-state index contributed by atoms with van der Waals surface area (Å²) in [5.74, 6) is 2.64. The van der Waals surface area contributed by atoms with E-state index in [0.29, 0.717) is 13.2 Å². The molecule has 1 aromatic heterocycles. The molecule has 1 saturated heterocycles. The summed E-state index contributed by atoms with van der Waals surface area (Å²) >= 11 is 0. The van der Waals surface area contributed by atoms with Crippen LogP contribution in [0.1, 0.15) is 30.4 Å². The third-order valence-electron chi connectivity index (χ3n) is 4.94. The maximum atomic E-state index is 6.18. The quantitative estimate of drug-likeness (QED) is 0.317. The number of unbranched alkanes of at least 4 members (excludes halogenated alkanes) is 1. The molecule has 1 atom stereocenters. The molecule has 0 spiro atoms. The summed E-state index contributed by atoms with van der Waals surface area (Å²) < 4.78 is 11.6. The highest BCUT2D eigenvalue weighted by Gasteiger charge is 2.18. The van der Waals surface area contributed by atoms with Crippen LogP contribution >= 0.6 is 0 Å². The van der Waals surface area contributed by atoms with E-state index in [-0.39, 0.29) is 6.10 Å². The van der Waals surface area contributed by atoms with E-state index < -0.39 is 0 Å². The van der Waals surface area contributed by atoms with Crippen molar-refractivity contribution in [1.29, 1.82) is 0 Å². The fraction of sp³-hybridized carbons (Fsp3) is 0.478. The van der Waals surface area contributed by atoms with Gasteiger partial charge in [0.05, 0.1) is 13.2 Å². The molecule has 2 aromatic rings. The normalized spacial score (nSPS) is 16.3. The van der Waals surface area contributed by atoms with Crippen LogP contribution in [0.15, 0.2) is 47.6 Å². The topological polar surface area (TPSA) is 79.8 Å². The van der Waals surface area contributed by atoms with E-state index in [4.69, 9.17) is 9.47 Å². The number of benzene rings is 1. The van der Waals surface area contributed by atoms with Gasteiger partial charge in [-0.3, -0.25) is 4.99 Å². The molecule has 0 radical (unpaired) electrons. The Morgan fingerprint density at radius 3 is 2.87 bits per heavy atom. The molecule has 1 aliphatic heterocycles. The van der Waals surface area contributed by atoms with Crippen molar-refractivity contribution in [2.24, 2.45) is 4.99 Å². The Hall–Kier alpha value is -2.80. The number of aryl methyl sites for hydroxylation is 1. The lowest BCUT2D eigenvalue weighted by Gasteiger charge is -2.18. The van der Waals surface area contributed by atoms with E-state index in [1.54, 1.807) is 13.2 Å². The summed E-state index contributed by atoms with van der Waals surface area (Å²) in [6, 6.07) is 12.2. The monoisotopic (exact) mass is 411 g/mol. The number of nitrogens with one attached hydrogen (secondary N) is 3. The average Bonchev–Trinajstić information content (AvgIpc) is 3.27. The van der Waals surface area contributed by atoms with Gasteiger partial charge in [0.25, 0.3) is 0 Å². The van der Waals surface area contributed by atoms with Crippen LogP contribution in [0.5, 0.6) is 5.75 Å². The fourth-order valence-corrected chi connectivity index (χ4v) is 3.24. The highest BCUT2D eigenvalue weighted by molar-refractivity contribution is 5.79. The third kappa shape index (κ3) is 7.22. The number of hydrogen-bond acceptors (Lipinski definition) is 5. The molecule has 0 aliphatic carbocycles. The molecule has 7 heteroatoms. The van der Waals surface area contributed by atoms with E-state index in [0.717, 1.165) is 62.0 Å². The lowest BCUT2D eigenvalue weighted by molar-refractivity contribution is 0.140. The molecule has 0 amide bonds. The number of nitrogens with zero attached hydrogens (tertiary/aromatic N) is 2. The minimum Gasteiger partial charge on any atom is -0.488 e. The maximum absolute atomic E-state index is 6.18. The average molecular weight is 412 g/mol. The van der Waals surface area contributed by atoms with Gasteiger partial charge in [-0.05, 0) is 43.5 Å². The molecule has 3 N–H and O–H groups in total. The van der Waals surface area contributed by atoms with Crippen LogP contribution in [0, 0.1) is 6.92 Å². The van der Waals surface area contributed by atoms with E-state index >= 15 is 0 Å². The fourth-order valence-electron chi connectivity index (χ4n) is 3.24. The molecule has 0 saturated carbocycles. The van der Waals surface area contributed by atoms with Crippen LogP contribution in [-0.4, -0.2) is 50.4 Å². The van der Waals surface area contributed by atoms with Crippen molar-refractivity contribution in [2.75, 3.05) is 38.7 Å². The number of hydrogen-bond donors (Lipinski definition) is 3. The number of aliphatic imine (C=N–C) groups is 1. The van der Waals surface area contributed by atoms with Gasteiger partial charge in [-0.15, -0.1) is 0 Å². The second-order valence-corrected chi connectivity index (χ2v) is 7.42. The van der Waals surface area contributed by atoms with Crippen molar-refractivity contribution in [1.82, 2.24) is 15.6 Å². The highest BCUT2D eigenvalue weighted by atomic mass is 16.5. The lowest BCUT2D eigenvalue weighted by atomic mass is 10.1. The Kier molecular flexibility index (Phi) is 8.78. The van der Waals surface area contributed by atoms with E-state index in [1.807, 2.05) is 18.2 Å². The zero-order valence-corrected chi connectivity index (χ0v) is 18.0. The number of guanidine groups is 1. The highest BCUT2D eigenvalue weighted by Crippen LogP contribution is 2.23. The summed E-state index contributed by atoms with van der Waals surface area (Å²) in [5, 5.41) is 10.1. The first-order valence-electron chi connectivity index (χ1n) is 10.7. The lowest BCUT2D eigenvalue weighted by Crippen LogP contribution is -2.37. The summed E-state index contributed by atoms with van der Waals surface area (Å²) in [6.07, 6.45) is 4.98. The van der Waals surface area contributed by atoms with E-state index in [1.165, 1.54) is 5.56 Å². The van der Waals surface area contributed by atoms with Crippen LogP contribution < -0.4 is 20.7 Å². The predicted molar refractivity (Wildman–Crippen MR) is 121 cm³/mol. The van der Waals surface area contributed by atoms with Gasteiger partial charge in [0.15, 0.2) is 5.96 Å². The van der Waals surface area contributed by atoms with Gasteiger partial charge in [-0.2, -0.15) is 0 Å². The smallest absolute Gasteiger partial charge is 0.191 e. The summed E-state index contributed by atoms with van der Waals surface area (Å²) in [4.78, 5) is 8.59. The molecule has 162 valence electrons. The second-order valence-electron chi connectivity index (χ2n) is 7.42. The molecule has 30 heavy (non-hydrogen) atoms. The Bertz CT molecular complexity index is 791. The molecule has 2 heterocycles. The van der Waals surface area contributed by atoms with Gasteiger partial charge in [-0.25, -0.2) is 4.98 Å². The van der Waals surface area contributed by atoms with Crippen LogP contribution in [0.2, 0.25) is 0 Å². The minimum absolute atomic E-state index is 0.141. The van der Waals surface area contributed by atoms with Gasteiger partial charge < -0.3 is 25.4 Å². The molecule has 3 rings (SSSR count). The van der Waals surface area contributed by atoms with Crippen molar-refractivity contribution < 1.29 is 9.47 Å². The number of pyridine rings is 1. The standard InChI is InChI=1S/C23H33N5O2/c1-18-8-9-19(21(15-18)30-20-10-14-29-17-20)16-28-23(24-2)27-13-6-5-12-26-22-7-3-4-11-25-22/h3-4,7-9,11,15,20H,5-6,10,12-14,16-17H2,1-2H3,(H,25,26)(H2,24,27,28). The number of rotatable bonds is 10. The number of ether oxygens (including phenoxy) is 2. The Morgan fingerprint density at radius 2 is 2.10 bits per heavy atom. The summed E-state index contributed by atoms with van der Waals surface area (Å²) in [6.45, 7) is 5.94. The third-order valence-corrected chi connectivity index (χ3v) is 4.94. The van der Waals surface area contributed by atoms with Gasteiger partial charge >= 0.3 is 0 Å². The van der Waals surface area contributed by atoms with Crippen LogP contribution in [0.4, 0.5) is 5.82 Å². The van der Waals surface area contributed by atoms with Crippen molar-refractivity contribution in [3.63, 3.8) is 0 Å². The van der Waals surface area contributed by atoms with Crippen molar-refractivity contribution in [3.8, 4) is 5.75 Å². The van der Waals surface area contributed by atoms with Crippen molar-refractivity contribution >= 4 is 11.8 Å². The molecular formula is C23H33N5O2. The zero-order valence-electron chi connectivity index (χ0n) is 18.0. The molecule has 1 fully saturated rings. The minimum atomic E-state index is 0.141. The van der Waals surface area contributed by atoms with E-state index in [2.05, 4.69) is 51.0 Å². The van der Waals surface area contributed by atoms with Gasteiger partial charge in [0, 0.05) is 44.9 Å². The Morgan fingerprint density at radius 1 is 1.20 bits per heavy atom.